The summed E-state index contributed by atoms with van der Waals surface area (Å²) >= 11 is 6.46. The number of aromatic amines is 1. The molecule has 0 aromatic carbocycles. The van der Waals surface area contributed by atoms with Crippen LogP contribution in [0, 0.1) is 0 Å². The summed E-state index contributed by atoms with van der Waals surface area (Å²) in [5, 5.41) is 1.67. The van der Waals surface area contributed by atoms with E-state index in [1.807, 2.05) is 0 Å². The Hall–Kier alpha value is -1.53. The van der Waals surface area contributed by atoms with E-state index >= 15 is 0 Å². The first-order valence-electron chi connectivity index (χ1n) is 5.25. The zero-order chi connectivity index (χ0) is 13.6. The van der Waals surface area contributed by atoms with E-state index in [2.05, 4.69) is 9.97 Å². The van der Waals surface area contributed by atoms with Crippen molar-refractivity contribution in [1.29, 1.82) is 0 Å². The molecule has 0 saturated heterocycles. The molecule has 3 heterocycles. The number of aromatic nitrogens is 2. The lowest BCUT2D eigenvalue weighted by Gasteiger charge is -2.06. The van der Waals surface area contributed by atoms with Crippen LogP contribution in [0.15, 0.2) is 29.8 Å². The van der Waals surface area contributed by atoms with Crippen LogP contribution >= 0.6 is 22.9 Å². The summed E-state index contributed by atoms with van der Waals surface area (Å²) in [6, 6.07) is 4.72. The lowest BCUT2D eigenvalue weighted by Crippen LogP contribution is -2.03. The highest BCUT2D eigenvalue weighted by atomic mass is 35.5. The van der Waals surface area contributed by atoms with Crippen LogP contribution in [-0.4, -0.2) is 9.97 Å². The van der Waals surface area contributed by atoms with Crippen molar-refractivity contribution in [2.45, 2.75) is 6.18 Å². The van der Waals surface area contributed by atoms with E-state index in [1.165, 1.54) is 17.6 Å². The molecule has 1 N–H and O–H groups in total. The number of thiophene rings is 1. The Balaban J connectivity index is 2.26. The lowest BCUT2D eigenvalue weighted by molar-refractivity contribution is -0.133. The fourth-order valence-corrected chi connectivity index (χ4v) is 2.85. The zero-order valence-electron chi connectivity index (χ0n) is 9.25. The molecule has 3 aromatic rings. The van der Waals surface area contributed by atoms with Crippen molar-refractivity contribution in [2.75, 3.05) is 0 Å². The van der Waals surface area contributed by atoms with Gasteiger partial charge in [-0.15, -0.1) is 11.3 Å². The molecule has 0 aliphatic carbocycles. The minimum Gasteiger partial charge on any atom is -0.359 e. The summed E-state index contributed by atoms with van der Waals surface area (Å²) in [5.74, 6) is 0. The minimum absolute atomic E-state index is 0.124. The standard InChI is InChI=1S/C12H6ClF3N2S/c13-9-2-1-8-10(18-9)7(5-17-8)6-3-4-19-11(6)12(14,15)16/h1-5,17H. The molecule has 0 unspecified atom stereocenters. The molecule has 0 bridgehead atoms. The lowest BCUT2D eigenvalue weighted by atomic mass is 10.1. The second-order valence-electron chi connectivity index (χ2n) is 3.89. The van der Waals surface area contributed by atoms with Gasteiger partial charge in [0.2, 0.25) is 0 Å². The van der Waals surface area contributed by atoms with Gasteiger partial charge in [0.05, 0.1) is 11.0 Å². The van der Waals surface area contributed by atoms with E-state index in [4.69, 9.17) is 11.6 Å². The van der Waals surface area contributed by atoms with Crippen LogP contribution in [-0.2, 0) is 6.18 Å². The van der Waals surface area contributed by atoms with Crippen molar-refractivity contribution in [3.8, 4) is 11.1 Å². The van der Waals surface area contributed by atoms with E-state index < -0.39 is 11.1 Å². The van der Waals surface area contributed by atoms with Gasteiger partial charge in [-0.2, -0.15) is 13.2 Å². The molecule has 0 saturated carbocycles. The Morgan fingerprint density at radius 3 is 2.68 bits per heavy atom. The molecule has 0 aliphatic rings. The number of hydrogen-bond acceptors (Lipinski definition) is 2. The number of fused-ring (bicyclic) bond motifs is 1. The highest BCUT2D eigenvalue weighted by Crippen LogP contribution is 2.42. The maximum atomic E-state index is 12.9. The Morgan fingerprint density at radius 1 is 1.16 bits per heavy atom. The van der Waals surface area contributed by atoms with Crippen molar-refractivity contribution >= 4 is 34.0 Å². The van der Waals surface area contributed by atoms with Gasteiger partial charge in [0, 0.05) is 17.3 Å². The van der Waals surface area contributed by atoms with Gasteiger partial charge in [-0.25, -0.2) is 4.98 Å². The predicted octanol–water partition coefficient (Wildman–Crippen LogP) is 4.96. The molecule has 0 atom stereocenters. The number of nitrogens with one attached hydrogen (secondary N) is 1. The third kappa shape index (κ3) is 2.11. The quantitative estimate of drug-likeness (QED) is 0.632. The van der Waals surface area contributed by atoms with Crippen molar-refractivity contribution < 1.29 is 13.2 Å². The van der Waals surface area contributed by atoms with Crippen LogP contribution in [0.1, 0.15) is 4.88 Å². The van der Waals surface area contributed by atoms with Gasteiger partial charge in [-0.1, -0.05) is 11.6 Å². The van der Waals surface area contributed by atoms with Gasteiger partial charge in [0.25, 0.3) is 0 Å². The second kappa shape index (κ2) is 4.25. The van der Waals surface area contributed by atoms with Crippen LogP contribution < -0.4 is 0 Å². The van der Waals surface area contributed by atoms with Crippen LogP contribution in [0.25, 0.3) is 22.2 Å². The normalized spacial score (nSPS) is 12.2. The number of nitrogens with zero attached hydrogens (tertiary/aromatic N) is 1. The van der Waals surface area contributed by atoms with Gasteiger partial charge in [0.15, 0.2) is 0 Å². The molecule has 2 nitrogen and oxygen atoms in total. The molecule has 0 amide bonds. The first-order valence-corrected chi connectivity index (χ1v) is 6.51. The number of rotatable bonds is 1. The summed E-state index contributed by atoms with van der Waals surface area (Å²) in [7, 11) is 0. The summed E-state index contributed by atoms with van der Waals surface area (Å²) in [5.41, 5.74) is 1.62. The monoisotopic (exact) mass is 302 g/mol. The van der Waals surface area contributed by atoms with Gasteiger partial charge in [-0.3, -0.25) is 0 Å². The number of H-pyrrole nitrogens is 1. The molecule has 7 heteroatoms. The number of hydrogen-bond donors (Lipinski definition) is 1. The molecule has 3 aromatic heterocycles. The summed E-state index contributed by atoms with van der Waals surface area (Å²) < 4.78 is 38.7. The fourth-order valence-electron chi connectivity index (χ4n) is 1.92. The first-order chi connectivity index (χ1) is 8.97. The molecular formula is C12H6ClF3N2S. The highest BCUT2D eigenvalue weighted by molar-refractivity contribution is 7.10. The largest absolute Gasteiger partial charge is 0.426 e. The van der Waals surface area contributed by atoms with Gasteiger partial charge >= 0.3 is 6.18 Å². The molecule has 0 spiro atoms. The smallest absolute Gasteiger partial charge is 0.359 e. The van der Waals surface area contributed by atoms with Crippen molar-refractivity contribution in [2.24, 2.45) is 0 Å². The molecular weight excluding hydrogens is 297 g/mol. The Bertz CT molecular complexity index is 745. The van der Waals surface area contributed by atoms with Crippen molar-refractivity contribution in [1.82, 2.24) is 9.97 Å². The van der Waals surface area contributed by atoms with Crippen molar-refractivity contribution in [3.05, 3.63) is 39.8 Å². The van der Waals surface area contributed by atoms with Crippen molar-refractivity contribution in [3.63, 3.8) is 0 Å². The molecule has 19 heavy (non-hydrogen) atoms. The van der Waals surface area contributed by atoms with E-state index in [-0.39, 0.29) is 10.7 Å². The minimum atomic E-state index is -4.37. The zero-order valence-corrected chi connectivity index (χ0v) is 10.8. The van der Waals surface area contributed by atoms with E-state index in [9.17, 15) is 13.2 Å². The van der Waals surface area contributed by atoms with Gasteiger partial charge < -0.3 is 4.98 Å². The van der Waals surface area contributed by atoms with Crippen LogP contribution in [0.4, 0.5) is 13.2 Å². The third-order valence-electron chi connectivity index (χ3n) is 2.70. The highest BCUT2D eigenvalue weighted by Gasteiger charge is 2.35. The van der Waals surface area contributed by atoms with Gasteiger partial charge in [0.1, 0.15) is 10.0 Å². The Kier molecular flexibility index (Phi) is 2.79. The molecule has 0 radical (unpaired) electrons. The molecule has 3 rings (SSSR count). The average Bonchev–Trinajstić information content (AvgIpc) is 2.91. The average molecular weight is 303 g/mol. The first kappa shape index (κ1) is 12.5. The third-order valence-corrected chi connectivity index (χ3v) is 3.87. The summed E-state index contributed by atoms with van der Waals surface area (Å²) in [4.78, 5) is 6.36. The SMILES string of the molecule is FC(F)(F)c1sccc1-c1c[nH]c2ccc(Cl)nc12. The maximum Gasteiger partial charge on any atom is 0.426 e. The van der Waals surface area contributed by atoms with E-state index in [1.54, 1.807) is 12.1 Å². The van der Waals surface area contributed by atoms with Crippen LogP contribution in [0.2, 0.25) is 5.15 Å². The number of halogens is 4. The topological polar surface area (TPSA) is 28.7 Å². The predicted molar refractivity (Wildman–Crippen MR) is 69.4 cm³/mol. The number of pyridine rings is 1. The molecule has 98 valence electrons. The van der Waals surface area contributed by atoms with E-state index in [0.29, 0.717) is 27.9 Å². The van der Waals surface area contributed by atoms with Crippen LogP contribution in [0.3, 0.4) is 0 Å². The maximum absolute atomic E-state index is 12.9. The molecule has 0 fully saturated rings. The fraction of sp³-hybridized carbons (Fsp3) is 0.0833. The summed E-state index contributed by atoms with van der Waals surface area (Å²) in [6.07, 6.45) is -2.85. The van der Waals surface area contributed by atoms with Crippen LogP contribution in [0.5, 0.6) is 0 Å². The Morgan fingerprint density at radius 2 is 1.95 bits per heavy atom. The molecule has 0 aliphatic heterocycles. The summed E-state index contributed by atoms with van der Waals surface area (Å²) in [6.45, 7) is 0. The number of alkyl halides is 3. The van der Waals surface area contributed by atoms with E-state index in [0.717, 1.165) is 0 Å². The Labute approximate surface area is 114 Å². The second-order valence-corrected chi connectivity index (χ2v) is 5.20. The van der Waals surface area contributed by atoms with Gasteiger partial charge in [-0.05, 0) is 23.6 Å².